The van der Waals surface area contributed by atoms with Crippen molar-refractivity contribution in [3.8, 4) is 0 Å². The molecule has 0 radical (unpaired) electrons. The number of halogens is 3. The van der Waals surface area contributed by atoms with Crippen LogP contribution < -0.4 is 5.32 Å². The summed E-state index contributed by atoms with van der Waals surface area (Å²) in [6.07, 6.45) is -0.304. The lowest BCUT2D eigenvalue weighted by Gasteiger charge is -2.24. The maximum Gasteiger partial charge on any atom is 0.323 e. The molecule has 1 heterocycles. The molecule has 1 aliphatic heterocycles. The van der Waals surface area contributed by atoms with Gasteiger partial charge in [-0.05, 0) is 6.08 Å². The van der Waals surface area contributed by atoms with Gasteiger partial charge in [-0.1, -0.05) is 0 Å². The first-order valence-electron chi connectivity index (χ1n) is 5.69. The molecule has 0 bridgehead atoms. The summed E-state index contributed by atoms with van der Waals surface area (Å²) >= 11 is 0. The van der Waals surface area contributed by atoms with Gasteiger partial charge in [-0.25, -0.2) is 18.0 Å². The summed E-state index contributed by atoms with van der Waals surface area (Å²) in [4.78, 5) is 22.8. The summed E-state index contributed by atoms with van der Waals surface area (Å²) in [6, 6.07) is -0.515. The molecular formula is C11H17F3N2O4. The third-order valence-corrected chi connectivity index (χ3v) is 2.43. The smallest absolute Gasteiger partial charge is 0.323 e. The zero-order valence-corrected chi connectivity index (χ0v) is 10.8. The molecule has 0 spiro atoms. The van der Waals surface area contributed by atoms with Crippen LogP contribution in [-0.2, 0) is 9.53 Å². The monoisotopic (exact) mass is 298 g/mol. The number of alkyl halides is 3. The lowest BCUT2D eigenvalue weighted by molar-refractivity contribution is -0.104. The summed E-state index contributed by atoms with van der Waals surface area (Å²) < 4.78 is 37.8. The standard InChI is InChI=1S/C10H15FN2O4.CH2F2/c1-12-10(16)13(3-2-4-14)9-5-7(11)8(6-15)17-9;2-1-3/h2-4,7-9,15H,5-6H2,1H3,(H,12,16);1H2/b3-2-;. The molecular weight excluding hydrogens is 281 g/mol. The molecule has 0 aliphatic carbocycles. The molecule has 1 aliphatic rings. The van der Waals surface area contributed by atoms with Gasteiger partial charge in [0.25, 0.3) is 0 Å². The fourth-order valence-electron chi connectivity index (χ4n) is 1.57. The number of ether oxygens (including phenoxy) is 1. The van der Waals surface area contributed by atoms with E-state index >= 15 is 0 Å². The minimum absolute atomic E-state index is 0.0398. The molecule has 2 amide bonds. The van der Waals surface area contributed by atoms with E-state index in [1.807, 2.05) is 0 Å². The zero-order chi connectivity index (χ0) is 15.5. The topological polar surface area (TPSA) is 78.9 Å². The predicted octanol–water partition coefficient (Wildman–Crippen LogP) is 0.669. The minimum Gasteiger partial charge on any atom is -0.394 e. The molecule has 1 saturated heterocycles. The SMILES string of the molecule is CNC(=O)N(/C=C\C=O)C1CC(F)C(CO)O1.FCF. The van der Waals surface area contributed by atoms with Gasteiger partial charge in [-0.3, -0.25) is 9.69 Å². The Balaban J connectivity index is 0.00000110. The zero-order valence-electron chi connectivity index (χ0n) is 10.8. The van der Waals surface area contributed by atoms with E-state index in [0.717, 1.165) is 11.0 Å². The first-order chi connectivity index (χ1) is 9.55. The van der Waals surface area contributed by atoms with Crippen molar-refractivity contribution in [2.24, 2.45) is 0 Å². The summed E-state index contributed by atoms with van der Waals surface area (Å²) in [7, 11) is 1.41. The number of aldehydes is 1. The van der Waals surface area contributed by atoms with Crippen molar-refractivity contribution in [1.29, 1.82) is 0 Å². The second kappa shape index (κ2) is 10.2. The number of rotatable bonds is 4. The van der Waals surface area contributed by atoms with Crippen LogP contribution in [0, 0.1) is 0 Å². The maximum absolute atomic E-state index is 13.4. The van der Waals surface area contributed by atoms with Crippen molar-refractivity contribution in [3.63, 3.8) is 0 Å². The van der Waals surface area contributed by atoms with E-state index in [0.29, 0.717) is 6.29 Å². The Morgan fingerprint density at radius 1 is 1.55 bits per heavy atom. The van der Waals surface area contributed by atoms with Crippen LogP contribution in [0.4, 0.5) is 18.0 Å². The first-order valence-corrected chi connectivity index (χ1v) is 5.69. The number of amides is 2. The molecule has 9 heteroatoms. The van der Waals surface area contributed by atoms with Gasteiger partial charge < -0.3 is 15.2 Å². The Morgan fingerprint density at radius 3 is 2.55 bits per heavy atom. The number of hydrogen-bond acceptors (Lipinski definition) is 4. The quantitative estimate of drug-likeness (QED) is 0.590. The van der Waals surface area contributed by atoms with E-state index in [2.05, 4.69) is 5.32 Å². The van der Waals surface area contributed by atoms with Crippen molar-refractivity contribution in [3.05, 3.63) is 12.3 Å². The highest BCUT2D eigenvalue weighted by atomic mass is 19.3. The van der Waals surface area contributed by atoms with Gasteiger partial charge >= 0.3 is 6.03 Å². The third-order valence-electron chi connectivity index (χ3n) is 2.43. The van der Waals surface area contributed by atoms with Gasteiger partial charge in [-0.2, -0.15) is 0 Å². The number of nitrogens with one attached hydrogen (secondary N) is 1. The predicted molar refractivity (Wildman–Crippen MR) is 63.8 cm³/mol. The van der Waals surface area contributed by atoms with Crippen LogP contribution in [0.2, 0.25) is 0 Å². The number of nitrogens with zero attached hydrogens (tertiary/aromatic N) is 1. The number of allylic oxidation sites excluding steroid dienone is 1. The average molecular weight is 298 g/mol. The van der Waals surface area contributed by atoms with Crippen LogP contribution in [0.1, 0.15) is 6.42 Å². The Hall–Kier alpha value is -1.61. The molecule has 1 rings (SSSR count). The van der Waals surface area contributed by atoms with E-state index in [9.17, 15) is 22.8 Å². The molecule has 0 aromatic heterocycles. The van der Waals surface area contributed by atoms with Gasteiger partial charge in [0.2, 0.25) is 6.93 Å². The highest BCUT2D eigenvalue weighted by molar-refractivity contribution is 5.76. The van der Waals surface area contributed by atoms with Crippen LogP contribution in [-0.4, -0.2) is 61.4 Å². The van der Waals surface area contributed by atoms with Gasteiger partial charge in [0, 0.05) is 19.7 Å². The van der Waals surface area contributed by atoms with E-state index in [-0.39, 0.29) is 6.42 Å². The van der Waals surface area contributed by atoms with E-state index in [1.54, 1.807) is 0 Å². The number of urea groups is 1. The average Bonchev–Trinajstić information content (AvgIpc) is 2.80. The maximum atomic E-state index is 13.4. The summed E-state index contributed by atoms with van der Waals surface area (Å²) in [5.74, 6) is 0. The van der Waals surface area contributed by atoms with Gasteiger partial charge in [-0.15, -0.1) is 0 Å². The molecule has 1 fully saturated rings. The summed E-state index contributed by atoms with van der Waals surface area (Å²) in [5, 5.41) is 11.2. The number of carbonyl (C=O) groups excluding carboxylic acids is 2. The van der Waals surface area contributed by atoms with E-state index < -0.39 is 38.1 Å². The van der Waals surface area contributed by atoms with Crippen molar-refractivity contribution >= 4 is 12.3 Å². The normalized spacial score (nSPS) is 24.9. The lowest BCUT2D eigenvalue weighted by Crippen LogP contribution is -2.41. The molecule has 0 saturated carbocycles. The van der Waals surface area contributed by atoms with Crippen LogP contribution in [0.3, 0.4) is 0 Å². The van der Waals surface area contributed by atoms with E-state index in [4.69, 9.17) is 9.84 Å². The Labute approximate surface area is 114 Å². The minimum atomic E-state index is -1.75. The molecule has 3 atom stereocenters. The van der Waals surface area contributed by atoms with Crippen molar-refractivity contribution in [1.82, 2.24) is 10.2 Å². The Bertz CT molecular complexity index is 331. The number of aliphatic hydroxyl groups excluding tert-OH is 1. The first kappa shape index (κ1) is 18.4. The van der Waals surface area contributed by atoms with Crippen LogP contribution >= 0.6 is 0 Å². The second-order valence-electron chi connectivity index (χ2n) is 3.60. The van der Waals surface area contributed by atoms with Crippen molar-refractivity contribution < 1.29 is 32.6 Å². The Morgan fingerprint density at radius 2 is 2.15 bits per heavy atom. The highest BCUT2D eigenvalue weighted by Crippen LogP contribution is 2.25. The molecule has 0 aromatic carbocycles. The van der Waals surface area contributed by atoms with Gasteiger partial charge in [0.15, 0.2) is 0 Å². The lowest BCUT2D eigenvalue weighted by atomic mass is 10.2. The second-order valence-corrected chi connectivity index (χ2v) is 3.60. The fourth-order valence-corrected chi connectivity index (χ4v) is 1.57. The molecule has 3 unspecified atom stereocenters. The molecule has 6 nitrogen and oxygen atoms in total. The van der Waals surface area contributed by atoms with Gasteiger partial charge in [0.1, 0.15) is 24.8 Å². The molecule has 116 valence electrons. The highest BCUT2D eigenvalue weighted by Gasteiger charge is 2.38. The number of aliphatic hydroxyl groups is 1. The van der Waals surface area contributed by atoms with Crippen LogP contribution in [0.5, 0.6) is 0 Å². The summed E-state index contributed by atoms with van der Waals surface area (Å²) in [6.45, 7) is -2.20. The van der Waals surface area contributed by atoms with Crippen molar-refractivity contribution in [2.45, 2.75) is 24.9 Å². The molecule has 2 N–H and O–H groups in total. The van der Waals surface area contributed by atoms with Crippen LogP contribution in [0.25, 0.3) is 0 Å². The van der Waals surface area contributed by atoms with Crippen molar-refractivity contribution in [2.75, 3.05) is 20.6 Å². The van der Waals surface area contributed by atoms with Crippen LogP contribution in [0.15, 0.2) is 12.3 Å². The molecule has 0 aromatic rings. The fraction of sp³-hybridized carbons (Fsp3) is 0.636. The molecule has 20 heavy (non-hydrogen) atoms. The number of hydrogen-bond donors (Lipinski definition) is 2. The Kier molecular flexibility index (Phi) is 9.39. The number of carbonyl (C=O) groups is 2. The summed E-state index contributed by atoms with van der Waals surface area (Å²) in [5.41, 5.74) is 0. The van der Waals surface area contributed by atoms with E-state index in [1.165, 1.54) is 13.2 Å². The third kappa shape index (κ3) is 5.57. The largest absolute Gasteiger partial charge is 0.394 e. The van der Waals surface area contributed by atoms with Gasteiger partial charge in [0.05, 0.1) is 6.61 Å².